The average molecular weight is 295 g/mol. The number of nitrogens with one attached hydrogen (secondary N) is 1. The lowest BCUT2D eigenvalue weighted by molar-refractivity contribution is 0.229. The molecule has 1 N–H and O–H groups in total. The van der Waals surface area contributed by atoms with Crippen LogP contribution in [0.15, 0.2) is 18.2 Å². The van der Waals surface area contributed by atoms with Gasteiger partial charge in [0.05, 0.1) is 10.2 Å². The molecule has 1 aromatic heterocycles. The zero-order valence-electron chi connectivity index (χ0n) is 11.4. The number of hydrogen-bond acceptors (Lipinski definition) is 3. The number of hydrogen-bond donors (Lipinski definition) is 1. The third-order valence-electron chi connectivity index (χ3n) is 3.88. The molecule has 2 nitrogen and oxygen atoms in total. The monoisotopic (exact) mass is 294 g/mol. The molecular weight excluding hydrogens is 276 g/mol. The van der Waals surface area contributed by atoms with E-state index in [4.69, 9.17) is 11.6 Å². The molecule has 2 aromatic rings. The van der Waals surface area contributed by atoms with Gasteiger partial charge in [0.1, 0.15) is 0 Å². The molecule has 1 saturated carbocycles. The highest BCUT2D eigenvalue weighted by atomic mass is 35.5. The first kappa shape index (κ1) is 13.2. The van der Waals surface area contributed by atoms with Gasteiger partial charge in [0.25, 0.3) is 0 Å². The van der Waals surface area contributed by atoms with Crippen molar-refractivity contribution in [2.45, 2.75) is 45.6 Å². The number of anilines is 1. The number of thiazole rings is 1. The Morgan fingerprint density at radius 2 is 2.26 bits per heavy atom. The summed E-state index contributed by atoms with van der Waals surface area (Å²) in [5.74, 6) is 0. The number of nitrogens with zero attached hydrogens (tertiary/aromatic N) is 1. The number of benzene rings is 1. The predicted molar refractivity (Wildman–Crippen MR) is 84.3 cm³/mol. The van der Waals surface area contributed by atoms with Gasteiger partial charge < -0.3 is 5.32 Å². The molecule has 3 rings (SSSR count). The molecular formula is C15H19ClN2S. The maximum Gasteiger partial charge on any atom is 0.184 e. The van der Waals surface area contributed by atoms with Gasteiger partial charge in [-0.25, -0.2) is 4.98 Å². The highest BCUT2D eigenvalue weighted by Crippen LogP contribution is 2.37. The molecule has 1 unspecified atom stereocenters. The molecule has 19 heavy (non-hydrogen) atoms. The van der Waals surface area contributed by atoms with E-state index < -0.39 is 0 Å². The van der Waals surface area contributed by atoms with Gasteiger partial charge in [0.2, 0.25) is 0 Å². The van der Waals surface area contributed by atoms with Gasteiger partial charge in [-0.05, 0) is 42.9 Å². The van der Waals surface area contributed by atoms with Gasteiger partial charge in [-0.1, -0.05) is 43.2 Å². The molecule has 0 saturated heterocycles. The molecule has 0 amide bonds. The summed E-state index contributed by atoms with van der Waals surface area (Å²) >= 11 is 7.71. The van der Waals surface area contributed by atoms with Crippen molar-refractivity contribution in [2.75, 3.05) is 5.32 Å². The van der Waals surface area contributed by atoms with Crippen molar-refractivity contribution in [3.8, 4) is 0 Å². The zero-order valence-corrected chi connectivity index (χ0v) is 12.9. The van der Waals surface area contributed by atoms with E-state index in [-0.39, 0.29) is 0 Å². The van der Waals surface area contributed by atoms with Crippen LogP contribution < -0.4 is 5.32 Å². The summed E-state index contributed by atoms with van der Waals surface area (Å²) < 4.78 is 1.16. The molecule has 1 aliphatic rings. The standard InChI is InChI=1S/C15H19ClN2S/c1-15(2)7-3-4-11(9-15)17-14-18-12-6-5-10(16)8-13(12)19-14/h5-6,8,11H,3-4,7,9H2,1-2H3,(H,17,18). The Bertz CT molecular complexity index is 591. The van der Waals surface area contributed by atoms with Gasteiger partial charge in [-0.15, -0.1) is 0 Å². The van der Waals surface area contributed by atoms with E-state index in [1.807, 2.05) is 18.2 Å². The summed E-state index contributed by atoms with van der Waals surface area (Å²) in [6, 6.07) is 6.44. The fourth-order valence-electron chi connectivity index (χ4n) is 2.96. The third kappa shape index (κ3) is 3.03. The SMILES string of the molecule is CC1(C)CCCC(Nc2nc3ccc(Cl)cc3s2)C1. The summed E-state index contributed by atoms with van der Waals surface area (Å²) in [7, 11) is 0. The summed E-state index contributed by atoms with van der Waals surface area (Å²) in [6.07, 6.45) is 5.12. The summed E-state index contributed by atoms with van der Waals surface area (Å²) in [5, 5.41) is 5.42. The number of aromatic nitrogens is 1. The molecule has 102 valence electrons. The molecule has 0 radical (unpaired) electrons. The van der Waals surface area contributed by atoms with Crippen LogP contribution >= 0.6 is 22.9 Å². The second kappa shape index (κ2) is 4.95. The third-order valence-corrected chi connectivity index (χ3v) is 5.07. The Labute approximate surface area is 123 Å². The van der Waals surface area contributed by atoms with Crippen molar-refractivity contribution in [3.63, 3.8) is 0 Å². The topological polar surface area (TPSA) is 24.9 Å². The number of rotatable bonds is 2. The molecule has 0 spiro atoms. The first-order chi connectivity index (χ1) is 9.02. The second-order valence-corrected chi connectivity index (χ2v) is 7.70. The van der Waals surface area contributed by atoms with Crippen LogP contribution in [0.5, 0.6) is 0 Å². The van der Waals surface area contributed by atoms with Crippen LogP contribution in [0.4, 0.5) is 5.13 Å². The molecule has 1 fully saturated rings. The molecule has 0 bridgehead atoms. The lowest BCUT2D eigenvalue weighted by Crippen LogP contribution is -2.31. The molecule has 1 aromatic carbocycles. The Morgan fingerprint density at radius 3 is 3.05 bits per heavy atom. The molecule has 1 aliphatic carbocycles. The van der Waals surface area contributed by atoms with Crippen LogP contribution in [-0.4, -0.2) is 11.0 Å². The van der Waals surface area contributed by atoms with Crippen molar-refractivity contribution < 1.29 is 0 Å². The van der Waals surface area contributed by atoms with E-state index >= 15 is 0 Å². The van der Waals surface area contributed by atoms with Gasteiger partial charge in [0, 0.05) is 11.1 Å². The quantitative estimate of drug-likeness (QED) is 0.809. The highest BCUT2D eigenvalue weighted by molar-refractivity contribution is 7.22. The van der Waals surface area contributed by atoms with Crippen LogP contribution in [0.2, 0.25) is 5.02 Å². The van der Waals surface area contributed by atoms with E-state index in [0.717, 1.165) is 20.4 Å². The molecule has 1 heterocycles. The largest absolute Gasteiger partial charge is 0.359 e. The first-order valence-electron chi connectivity index (χ1n) is 6.84. The van der Waals surface area contributed by atoms with E-state index in [0.29, 0.717) is 11.5 Å². The molecule has 4 heteroatoms. The maximum atomic E-state index is 6.02. The van der Waals surface area contributed by atoms with Crippen molar-refractivity contribution in [2.24, 2.45) is 5.41 Å². The smallest absolute Gasteiger partial charge is 0.184 e. The maximum absolute atomic E-state index is 6.02. The van der Waals surface area contributed by atoms with Crippen LogP contribution in [-0.2, 0) is 0 Å². The van der Waals surface area contributed by atoms with Gasteiger partial charge >= 0.3 is 0 Å². The van der Waals surface area contributed by atoms with Crippen molar-refractivity contribution in [3.05, 3.63) is 23.2 Å². The van der Waals surface area contributed by atoms with Gasteiger partial charge in [-0.3, -0.25) is 0 Å². The van der Waals surface area contributed by atoms with Gasteiger partial charge in [-0.2, -0.15) is 0 Å². The Hall–Kier alpha value is -0.800. The Balaban J connectivity index is 1.77. The first-order valence-corrected chi connectivity index (χ1v) is 8.04. The van der Waals surface area contributed by atoms with Crippen LogP contribution in [0.25, 0.3) is 10.2 Å². The fraction of sp³-hybridized carbons (Fsp3) is 0.533. The summed E-state index contributed by atoms with van der Waals surface area (Å²) in [6.45, 7) is 4.72. The van der Waals surface area contributed by atoms with Crippen LogP contribution in [0.3, 0.4) is 0 Å². The summed E-state index contributed by atoms with van der Waals surface area (Å²) in [4.78, 5) is 4.64. The molecule has 1 atom stereocenters. The zero-order chi connectivity index (χ0) is 13.5. The predicted octanol–water partition coefficient (Wildman–Crippen LogP) is 5.33. The minimum absolute atomic E-state index is 0.454. The number of fused-ring (bicyclic) bond motifs is 1. The normalized spacial score (nSPS) is 22.6. The average Bonchev–Trinajstić information content (AvgIpc) is 2.68. The lowest BCUT2D eigenvalue weighted by atomic mass is 9.75. The van der Waals surface area contributed by atoms with Crippen LogP contribution in [0, 0.1) is 5.41 Å². The van der Waals surface area contributed by atoms with Crippen LogP contribution in [0.1, 0.15) is 39.5 Å². The summed E-state index contributed by atoms with van der Waals surface area (Å²) in [5.41, 5.74) is 1.49. The minimum atomic E-state index is 0.454. The highest BCUT2D eigenvalue weighted by Gasteiger charge is 2.28. The van der Waals surface area contributed by atoms with E-state index in [2.05, 4.69) is 24.1 Å². The second-order valence-electron chi connectivity index (χ2n) is 6.23. The minimum Gasteiger partial charge on any atom is -0.359 e. The van der Waals surface area contributed by atoms with Crippen molar-refractivity contribution >= 4 is 38.3 Å². The van der Waals surface area contributed by atoms with E-state index in [1.54, 1.807) is 11.3 Å². The van der Waals surface area contributed by atoms with E-state index in [9.17, 15) is 0 Å². The Kier molecular flexibility index (Phi) is 3.44. The van der Waals surface area contributed by atoms with E-state index in [1.165, 1.54) is 25.7 Å². The Morgan fingerprint density at radius 1 is 1.42 bits per heavy atom. The fourth-order valence-corrected chi connectivity index (χ4v) is 4.18. The molecule has 0 aliphatic heterocycles. The van der Waals surface area contributed by atoms with Crippen molar-refractivity contribution in [1.82, 2.24) is 4.98 Å². The van der Waals surface area contributed by atoms with Crippen molar-refractivity contribution in [1.29, 1.82) is 0 Å². The number of halogens is 1. The lowest BCUT2D eigenvalue weighted by Gasteiger charge is -2.35. The van der Waals surface area contributed by atoms with Gasteiger partial charge in [0.15, 0.2) is 5.13 Å².